The highest BCUT2D eigenvalue weighted by Crippen LogP contribution is 2.37. The van der Waals surface area contributed by atoms with Gasteiger partial charge in [0.2, 0.25) is 0 Å². The summed E-state index contributed by atoms with van der Waals surface area (Å²) in [5.74, 6) is 0.147. The van der Waals surface area contributed by atoms with Crippen molar-refractivity contribution in [2.45, 2.75) is 18.4 Å². The fraction of sp³-hybridized carbons (Fsp3) is 0.235. The van der Waals surface area contributed by atoms with Crippen LogP contribution in [-0.2, 0) is 6.54 Å². The Bertz CT molecular complexity index is 701. The minimum atomic E-state index is -4.82. The van der Waals surface area contributed by atoms with Gasteiger partial charge in [-0.05, 0) is 5.56 Å². The third-order valence-corrected chi connectivity index (χ3v) is 3.70. The molecule has 0 radical (unpaired) electrons. The number of aliphatic imine (C=N–C) groups is 1. The van der Waals surface area contributed by atoms with Crippen LogP contribution in [0.4, 0.5) is 13.2 Å². The third-order valence-electron chi connectivity index (χ3n) is 3.70. The predicted octanol–water partition coefficient (Wildman–Crippen LogP) is 3.20. The topological polar surface area (TPSA) is 35.8 Å². The van der Waals surface area contributed by atoms with Crippen LogP contribution < -0.4 is 0 Å². The largest absolute Gasteiger partial charge is 0.440 e. The number of hydrogen-bond donors (Lipinski definition) is 1. The summed E-state index contributed by atoms with van der Waals surface area (Å²) in [6, 6.07) is 17.7. The van der Waals surface area contributed by atoms with Gasteiger partial charge in [0.15, 0.2) is 0 Å². The fourth-order valence-corrected chi connectivity index (χ4v) is 2.54. The van der Waals surface area contributed by atoms with Crippen molar-refractivity contribution in [3.63, 3.8) is 0 Å². The van der Waals surface area contributed by atoms with E-state index in [9.17, 15) is 18.3 Å². The molecule has 1 aliphatic rings. The maximum Gasteiger partial charge on any atom is 0.440 e. The molecule has 1 N–H and O–H groups in total. The molecule has 0 aromatic heterocycles. The van der Waals surface area contributed by atoms with E-state index >= 15 is 0 Å². The van der Waals surface area contributed by atoms with Crippen molar-refractivity contribution in [2.24, 2.45) is 4.99 Å². The maximum absolute atomic E-state index is 13.2. The molecule has 1 atom stereocenters. The predicted molar refractivity (Wildman–Crippen MR) is 80.8 cm³/mol. The number of halogens is 3. The number of nitrogens with zero attached hydrogens (tertiary/aromatic N) is 2. The zero-order valence-electron chi connectivity index (χ0n) is 12.2. The molecule has 1 aliphatic heterocycles. The second-order valence-electron chi connectivity index (χ2n) is 5.46. The molecule has 0 bridgehead atoms. The number of β-amino-alcohol motifs (C(OH)–C–C–N with tert-alkyl or cyclic N) is 1. The van der Waals surface area contributed by atoms with Gasteiger partial charge in [-0.15, -0.1) is 0 Å². The van der Waals surface area contributed by atoms with Crippen LogP contribution in [0.25, 0.3) is 0 Å². The van der Waals surface area contributed by atoms with E-state index in [1.807, 2.05) is 30.3 Å². The zero-order chi connectivity index (χ0) is 16.5. The molecule has 1 heterocycles. The number of alkyl halides is 3. The van der Waals surface area contributed by atoms with Gasteiger partial charge in [-0.2, -0.15) is 13.2 Å². The molecular weight excluding hydrogens is 305 g/mol. The first-order valence-electron chi connectivity index (χ1n) is 7.12. The molecule has 0 aliphatic carbocycles. The van der Waals surface area contributed by atoms with E-state index in [0.29, 0.717) is 5.56 Å². The van der Waals surface area contributed by atoms with E-state index in [0.717, 1.165) is 5.56 Å². The summed E-state index contributed by atoms with van der Waals surface area (Å²) in [5, 5.41) is 9.95. The van der Waals surface area contributed by atoms with E-state index in [2.05, 4.69) is 4.99 Å². The summed E-state index contributed by atoms with van der Waals surface area (Å²) in [5.41, 5.74) is -1.68. The van der Waals surface area contributed by atoms with Crippen molar-refractivity contribution in [1.82, 2.24) is 4.90 Å². The van der Waals surface area contributed by atoms with Crippen LogP contribution in [0.2, 0.25) is 0 Å². The lowest BCUT2D eigenvalue weighted by molar-refractivity contribution is -0.254. The molecule has 0 amide bonds. The molecule has 2 aromatic carbocycles. The number of rotatable bonds is 3. The number of hydrogen-bond acceptors (Lipinski definition) is 3. The molecule has 1 unspecified atom stereocenters. The highest BCUT2D eigenvalue weighted by molar-refractivity contribution is 6.00. The molecule has 23 heavy (non-hydrogen) atoms. The number of aliphatic hydroxyl groups is 1. The quantitative estimate of drug-likeness (QED) is 0.943. The second-order valence-corrected chi connectivity index (χ2v) is 5.46. The monoisotopic (exact) mass is 320 g/mol. The van der Waals surface area contributed by atoms with Gasteiger partial charge in [0.05, 0.1) is 6.54 Å². The molecular formula is C17H15F3N2O. The average Bonchev–Trinajstić information content (AvgIpc) is 2.87. The molecule has 120 valence electrons. The lowest BCUT2D eigenvalue weighted by atomic mass is 10.1. The van der Waals surface area contributed by atoms with Crippen LogP contribution >= 0.6 is 0 Å². The van der Waals surface area contributed by atoms with Crippen LogP contribution in [0.15, 0.2) is 65.7 Å². The minimum absolute atomic E-state index is 0.147. The normalized spacial score (nSPS) is 21.4. The first-order valence-corrected chi connectivity index (χ1v) is 7.12. The third kappa shape index (κ3) is 3.07. The van der Waals surface area contributed by atoms with E-state index in [4.69, 9.17) is 0 Å². The number of amidine groups is 1. The smallest absolute Gasteiger partial charge is 0.361 e. The molecule has 0 saturated carbocycles. The first-order chi connectivity index (χ1) is 10.9. The summed E-state index contributed by atoms with van der Waals surface area (Å²) in [6.07, 6.45) is -4.82. The Kier molecular flexibility index (Phi) is 3.85. The van der Waals surface area contributed by atoms with Crippen LogP contribution in [0.1, 0.15) is 11.1 Å². The van der Waals surface area contributed by atoms with Crippen molar-refractivity contribution in [1.29, 1.82) is 0 Å². The lowest BCUT2D eigenvalue weighted by Crippen LogP contribution is -2.47. The molecule has 0 fully saturated rings. The van der Waals surface area contributed by atoms with Crippen molar-refractivity contribution in [2.75, 3.05) is 6.54 Å². The van der Waals surface area contributed by atoms with E-state index in [1.165, 1.54) is 4.90 Å². The van der Waals surface area contributed by atoms with Crippen LogP contribution in [-0.4, -0.2) is 34.3 Å². The number of benzene rings is 2. The van der Waals surface area contributed by atoms with Gasteiger partial charge in [-0.25, -0.2) is 4.99 Å². The highest BCUT2D eigenvalue weighted by atomic mass is 19.4. The Balaban J connectivity index is 1.97. The van der Waals surface area contributed by atoms with Gasteiger partial charge in [-0.3, -0.25) is 0 Å². The summed E-state index contributed by atoms with van der Waals surface area (Å²) in [6.45, 7) is -0.372. The van der Waals surface area contributed by atoms with E-state index < -0.39 is 18.4 Å². The van der Waals surface area contributed by atoms with Gasteiger partial charge in [-0.1, -0.05) is 60.7 Å². The van der Waals surface area contributed by atoms with Crippen LogP contribution in [0, 0.1) is 0 Å². The fourth-order valence-electron chi connectivity index (χ4n) is 2.54. The zero-order valence-corrected chi connectivity index (χ0v) is 12.2. The van der Waals surface area contributed by atoms with Crippen LogP contribution in [0.5, 0.6) is 0 Å². The maximum atomic E-state index is 13.2. The van der Waals surface area contributed by atoms with Gasteiger partial charge < -0.3 is 10.0 Å². The minimum Gasteiger partial charge on any atom is -0.361 e. The Morgan fingerprint density at radius 1 is 1.00 bits per heavy atom. The van der Waals surface area contributed by atoms with E-state index in [-0.39, 0.29) is 12.4 Å². The first kappa shape index (κ1) is 15.6. The van der Waals surface area contributed by atoms with Gasteiger partial charge in [0.1, 0.15) is 5.84 Å². The Morgan fingerprint density at radius 3 is 2.13 bits per heavy atom. The van der Waals surface area contributed by atoms with Crippen molar-refractivity contribution >= 4 is 5.84 Å². The van der Waals surface area contributed by atoms with Gasteiger partial charge >= 0.3 is 6.18 Å². The Labute approximate surface area is 131 Å². The van der Waals surface area contributed by atoms with Crippen molar-refractivity contribution < 1.29 is 18.3 Å². The van der Waals surface area contributed by atoms with E-state index in [1.54, 1.807) is 30.3 Å². The molecule has 2 aromatic rings. The van der Waals surface area contributed by atoms with Crippen molar-refractivity contribution in [3.05, 3.63) is 71.8 Å². The van der Waals surface area contributed by atoms with Gasteiger partial charge in [0, 0.05) is 12.1 Å². The lowest BCUT2D eigenvalue weighted by Gasteiger charge is -2.25. The summed E-state index contributed by atoms with van der Waals surface area (Å²) < 4.78 is 39.5. The Hall–Kier alpha value is -2.34. The SMILES string of the molecule is OC1(C(F)(F)F)CN(Cc2ccccc2)C(c2ccccc2)=N1. The van der Waals surface area contributed by atoms with Crippen LogP contribution in [0.3, 0.4) is 0 Å². The summed E-state index contributed by atoms with van der Waals surface area (Å²) in [4.78, 5) is 5.07. The van der Waals surface area contributed by atoms with Gasteiger partial charge in [0.25, 0.3) is 5.72 Å². The standard InChI is InChI=1S/C17H15F3N2O/c18-17(19,20)16(23)12-22(11-13-7-3-1-4-8-13)15(21-16)14-9-5-2-6-10-14/h1-10,23H,11-12H2. The molecule has 6 heteroatoms. The molecule has 0 saturated heterocycles. The average molecular weight is 320 g/mol. The molecule has 3 nitrogen and oxygen atoms in total. The summed E-state index contributed by atoms with van der Waals surface area (Å²) >= 11 is 0. The van der Waals surface area contributed by atoms with Crippen molar-refractivity contribution in [3.8, 4) is 0 Å². The summed E-state index contributed by atoms with van der Waals surface area (Å²) in [7, 11) is 0. The Morgan fingerprint density at radius 2 is 1.57 bits per heavy atom. The molecule has 3 rings (SSSR count). The molecule has 0 spiro atoms. The second kappa shape index (κ2) is 5.70. The highest BCUT2D eigenvalue weighted by Gasteiger charge is 2.58.